The molecule has 6 nitrogen and oxygen atoms in total. The molecule has 0 saturated carbocycles. The Morgan fingerprint density at radius 3 is 2.41 bits per heavy atom. The van der Waals surface area contributed by atoms with Crippen molar-refractivity contribution in [3.05, 3.63) is 29.3 Å². The summed E-state index contributed by atoms with van der Waals surface area (Å²) in [5.74, 6) is 0. The molecular formula is C16H18N4O2. The molecule has 1 heterocycles. The first-order valence-corrected chi connectivity index (χ1v) is 7.31. The maximum absolute atomic E-state index is 11.7. The summed E-state index contributed by atoms with van der Waals surface area (Å²) in [6.07, 6.45) is 1.23. The van der Waals surface area contributed by atoms with Crippen LogP contribution in [0.5, 0.6) is 0 Å². The van der Waals surface area contributed by atoms with E-state index in [2.05, 4.69) is 17.5 Å². The quantitative estimate of drug-likeness (QED) is 0.925. The molecule has 1 aromatic carbocycles. The highest BCUT2D eigenvalue weighted by molar-refractivity contribution is 5.68. The number of benzene rings is 1. The van der Waals surface area contributed by atoms with Crippen molar-refractivity contribution in [2.24, 2.45) is 0 Å². The zero-order chi connectivity index (χ0) is 15.9. The number of carbonyl (C=O) groups excluding carboxylic acids is 1. The minimum absolute atomic E-state index is 0.132. The Kier molecular flexibility index (Phi) is 5.21. The first-order chi connectivity index (χ1) is 10.7. The van der Waals surface area contributed by atoms with Crippen LogP contribution < -0.4 is 5.32 Å². The van der Waals surface area contributed by atoms with E-state index in [0.717, 1.165) is 12.8 Å². The normalized spacial score (nSPS) is 14.8. The molecule has 0 radical (unpaired) electrons. The van der Waals surface area contributed by atoms with Crippen molar-refractivity contribution in [1.29, 1.82) is 10.5 Å². The molecule has 1 saturated heterocycles. The number of rotatable bonds is 3. The van der Waals surface area contributed by atoms with Crippen LogP contribution in [0.25, 0.3) is 0 Å². The largest absolute Gasteiger partial charge is 0.450 e. The first-order valence-electron chi connectivity index (χ1n) is 7.31. The maximum Gasteiger partial charge on any atom is 0.409 e. The van der Waals surface area contributed by atoms with Gasteiger partial charge < -0.3 is 15.0 Å². The van der Waals surface area contributed by atoms with Gasteiger partial charge in [-0.2, -0.15) is 10.5 Å². The van der Waals surface area contributed by atoms with Gasteiger partial charge in [-0.05, 0) is 31.9 Å². The van der Waals surface area contributed by atoms with Crippen LogP contribution in [0.2, 0.25) is 0 Å². The van der Waals surface area contributed by atoms with Gasteiger partial charge in [0.25, 0.3) is 0 Å². The van der Waals surface area contributed by atoms with Gasteiger partial charge in [-0.1, -0.05) is 6.07 Å². The number of carbonyl (C=O) groups is 1. The molecule has 2 rings (SSSR count). The third kappa shape index (κ3) is 3.48. The Balaban J connectivity index is 2.02. The van der Waals surface area contributed by atoms with Gasteiger partial charge in [0.05, 0.1) is 23.4 Å². The fourth-order valence-electron chi connectivity index (χ4n) is 2.52. The zero-order valence-electron chi connectivity index (χ0n) is 12.5. The Bertz CT molecular complexity index is 590. The topological polar surface area (TPSA) is 89.2 Å². The van der Waals surface area contributed by atoms with E-state index in [0.29, 0.717) is 36.5 Å². The van der Waals surface area contributed by atoms with E-state index < -0.39 is 0 Å². The number of hydrogen-bond donors (Lipinski definition) is 1. The molecule has 0 atom stereocenters. The van der Waals surface area contributed by atoms with E-state index in [-0.39, 0.29) is 12.1 Å². The van der Waals surface area contributed by atoms with E-state index in [1.54, 1.807) is 30.0 Å². The van der Waals surface area contributed by atoms with E-state index in [1.807, 2.05) is 0 Å². The highest BCUT2D eigenvalue weighted by atomic mass is 16.6. The number of nitrogens with zero attached hydrogens (tertiary/aromatic N) is 3. The number of para-hydroxylation sites is 1. The molecule has 0 aromatic heterocycles. The van der Waals surface area contributed by atoms with Crippen molar-refractivity contribution in [2.45, 2.75) is 25.8 Å². The molecule has 1 aliphatic rings. The summed E-state index contributed by atoms with van der Waals surface area (Å²) in [6, 6.07) is 9.43. The van der Waals surface area contributed by atoms with Gasteiger partial charge in [0.2, 0.25) is 0 Å². The summed E-state index contributed by atoms with van der Waals surface area (Å²) in [5, 5.41) is 21.6. The summed E-state index contributed by atoms with van der Waals surface area (Å²) in [7, 11) is 0. The number of nitriles is 2. The van der Waals surface area contributed by atoms with Gasteiger partial charge in [0.1, 0.15) is 12.1 Å². The number of nitrogens with one attached hydrogen (secondary N) is 1. The van der Waals surface area contributed by atoms with Crippen LogP contribution in [-0.2, 0) is 4.74 Å². The van der Waals surface area contributed by atoms with Gasteiger partial charge >= 0.3 is 6.09 Å². The van der Waals surface area contributed by atoms with E-state index >= 15 is 0 Å². The number of likely N-dealkylation sites (tertiary alicyclic amines) is 1. The minimum atomic E-state index is -0.281. The molecule has 1 aliphatic heterocycles. The van der Waals surface area contributed by atoms with Crippen molar-refractivity contribution in [3.8, 4) is 12.1 Å². The lowest BCUT2D eigenvalue weighted by molar-refractivity contribution is 0.0983. The van der Waals surface area contributed by atoms with Gasteiger partial charge in [-0.15, -0.1) is 0 Å². The molecule has 0 spiro atoms. The lowest BCUT2D eigenvalue weighted by Gasteiger charge is -2.32. The van der Waals surface area contributed by atoms with E-state index in [1.165, 1.54) is 0 Å². The summed E-state index contributed by atoms with van der Waals surface area (Å²) in [5.41, 5.74) is 1.51. The second kappa shape index (κ2) is 7.33. The average molecular weight is 298 g/mol. The SMILES string of the molecule is CCOC(=O)N1CCC(Nc2c(C#N)cccc2C#N)CC1. The maximum atomic E-state index is 11.7. The number of ether oxygens (including phenoxy) is 1. The summed E-state index contributed by atoms with van der Waals surface area (Å²) in [6.45, 7) is 3.37. The summed E-state index contributed by atoms with van der Waals surface area (Å²) < 4.78 is 4.99. The third-order valence-corrected chi connectivity index (χ3v) is 3.67. The van der Waals surface area contributed by atoms with Gasteiger partial charge in [0.15, 0.2) is 0 Å². The van der Waals surface area contributed by atoms with Crippen molar-refractivity contribution in [2.75, 3.05) is 25.0 Å². The molecule has 22 heavy (non-hydrogen) atoms. The summed E-state index contributed by atoms with van der Waals surface area (Å²) in [4.78, 5) is 13.3. The van der Waals surface area contributed by atoms with Crippen LogP contribution in [0.4, 0.5) is 10.5 Å². The molecule has 1 N–H and O–H groups in total. The second-order valence-electron chi connectivity index (χ2n) is 5.06. The Labute approximate surface area is 129 Å². The monoisotopic (exact) mass is 298 g/mol. The first kappa shape index (κ1) is 15.7. The number of hydrogen-bond acceptors (Lipinski definition) is 5. The second-order valence-corrected chi connectivity index (χ2v) is 5.06. The minimum Gasteiger partial charge on any atom is -0.450 e. The third-order valence-electron chi connectivity index (χ3n) is 3.67. The number of amides is 1. The van der Waals surface area contributed by atoms with E-state index in [9.17, 15) is 15.3 Å². The van der Waals surface area contributed by atoms with Crippen LogP contribution in [0, 0.1) is 22.7 Å². The molecular weight excluding hydrogens is 280 g/mol. The van der Waals surface area contributed by atoms with Crippen LogP contribution in [-0.4, -0.2) is 36.7 Å². The molecule has 0 bridgehead atoms. The lowest BCUT2D eigenvalue weighted by atomic mass is 10.0. The van der Waals surface area contributed by atoms with Crippen LogP contribution in [0.15, 0.2) is 18.2 Å². The fraction of sp³-hybridized carbons (Fsp3) is 0.438. The molecule has 6 heteroatoms. The molecule has 0 aliphatic carbocycles. The average Bonchev–Trinajstić information content (AvgIpc) is 2.56. The lowest BCUT2D eigenvalue weighted by Crippen LogP contribution is -2.42. The van der Waals surface area contributed by atoms with Crippen molar-refractivity contribution < 1.29 is 9.53 Å². The highest BCUT2D eigenvalue weighted by Gasteiger charge is 2.24. The van der Waals surface area contributed by atoms with Crippen LogP contribution >= 0.6 is 0 Å². The van der Waals surface area contributed by atoms with Gasteiger partial charge in [-0.3, -0.25) is 0 Å². The van der Waals surface area contributed by atoms with Crippen LogP contribution in [0.1, 0.15) is 30.9 Å². The number of anilines is 1. The predicted octanol–water partition coefficient (Wildman–Crippen LogP) is 2.46. The molecule has 1 fully saturated rings. The van der Waals surface area contributed by atoms with Crippen molar-refractivity contribution in [1.82, 2.24) is 4.90 Å². The molecule has 1 amide bonds. The van der Waals surface area contributed by atoms with Crippen molar-refractivity contribution in [3.63, 3.8) is 0 Å². The highest BCUT2D eigenvalue weighted by Crippen LogP contribution is 2.24. The van der Waals surface area contributed by atoms with Crippen molar-refractivity contribution >= 4 is 11.8 Å². The molecule has 114 valence electrons. The fourth-order valence-corrected chi connectivity index (χ4v) is 2.52. The van der Waals surface area contributed by atoms with Gasteiger partial charge in [0, 0.05) is 19.1 Å². The van der Waals surface area contributed by atoms with Crippen LogP contribution in [0.3, 0.4) is 0 Å². The molecule has 1 aromatic rings. The molecule has 0 unspecified atom stereocenters. The zero-order valence-corrected chi connectivity index (χ0v) is 12.5. The number of piperidine rings is 1. The van der Waals surface area contributed by atoms with Gasteiger partial charge in [-0.25, -0.2) is 4.79 Å². The Morgan fingerprint density at radius 2 is 1.91 bits per heavy atom. The Hall–Kier alpha value is -2.73. The Morgan fingerprint density at radius 1 is 1.32 bits per heavy atom. The van der Waals surface area contributed by atoms with E-state index in [4.69, 9.17) is 4.74 Å². The predicted molar refractivity (Wildman–Crippen MR) is 81.1 cm³/mol. The summed E-state index contributed by atoms with van der Waals surface area (Å²) >= 11 is 0. The smallest absolute Gasteiger partial charge is 0.409 e. The standard InChI is InChI=1S/C16H18N4O2/c1-2-22-16(21)20-8-6-14(7-9-20)19-15-12(10-17)4-3-5-13(15)11-18/h3-5,14,19H,2,6-9H2,1H3.